The van der Waals surface area contributed by atoms with Crippen LogP contribution in [0.5, 0.6) is 0 Å². The number of Topliss-reactive ketones (excluding diaryl/α,β-unsaturated/α-hetero) is 1. The molecule has 0 spiro atoms. The van der Waals surface area contributed by atoms with E-state index in [-0.39, 0.29) is 17.9 Å². The number of pyridine rings is 1. The monoisotopic (exact) mass is 339 g/mol. The zero-order chi connectivity index (χ0) is 14.0. The van der Waals surface area contributed by atoms with Crippen molar-refractivity contribution in [1.29, 1.82) is 0 Å². The zero-order valence-corrected chi connectivity index (χ0v) is 12.5. The molecule has 0 aliphatic heterocycles. The number of carbonyl (C=O) groups excluding carboxylic acids is 1. The van der Waals surface area contributed by atoms with Crippen molar-refractivity contribution >= 4 is 33.3 Å². The molecule has 0 saturated carbocycles. The van der Waals surface area contributed by atoms with Gasteiger partial charge in [0.15, 0.2) is 5.78 Å². The van der Waals surface area contributed by atoms with Crippen molar-refractivity contribution in [3.05, 3.63) is 67.5 Å². The molecule has 0 aliphatic carbocycles. The first kappa shape index (κ1) is 14.0. The number of carbonyl (C=O) groups is 1. The summed E-state index contributed by atoms with van der Waals surface area (Å²) in [5.41, 5.74) is 0.970. The molecule has 3 nitrogen and oxygen atoms in total. The van der Waals surface area contributed by atoms with E-state index < -0.39 is 0 Å². The Bertz CT molecular complexity index is 677. The Morgan fingerprint density at radius 3 is 2.58 bits per heavy atom. The van der Waals surface area contributed by atoms with Gasteiger partial charge in [-0.2, -0.15) is 0 Å². The topological polar surface area (TPSA) is 39.1 Å². The van der Waals surface area contributed by atoms with Crippen molar-refractivity contribution in [2.24, 2.45) is 0 Å². The largest absolute Gasteiger partial charge is 0.306 e. The minimum atomic E-state index is -0.162. The second-order valence-electron chi connectivity index (χ2n) is 4.20. The van der Waals surface area contributed by atoms with E-state index in [9.17, 15) is 9.59 Å². The molecular formula is C14H11BrClNO2. The van der Waals surface area contributed by atoms with Gasteiger partial charge in [-0.25, -0.2) is 0 Å². The van der Waals surface area contributed by atoms with Crippen LogP contribution in [-0.2, 0) is 6.54 Å². The van der Waals surface area contributed by atoms with Crippen molar-refractivity contribution in [2.45, 2.75) is 13.5 Å². The molecule has 0 amide bonds. The summed E-state index contributed by atoms with van der Waals surface area (Å²) >= 11 is 9.08. The molecule has 0 aliphatic rings. The van der Waals surface area contributed by atoms with E-state index in [1.54, 1.807) is 43.5 Å². The normalized spacial score (nSPS) is 10.5. The van der Waals surface area contributed by atoms with Gasteiger partial charge in [-0.05, 0) is 53.2 Å². The Morgan fingerprint density at radius 2 is 1.95 bits per heavy atom. The molecule has 2 rings (SSSR count). The van der Waals surface area contributed by atoms with Gasteiger partial charge in [0.1, 0.15) is 0 Å². The zero-order valence-electron chi connectivity index (χ0n) is 10.2. The molecule has 1 heterocycles. The number of aryl methyl sites for hydroxylation is 1. The molecule has 98 valence electrons. The van der Waals surface area contributed by atoms with Gasteiger partial charge in [-0.1, -0.05) is 11.6 Å². The summed E-state index contributed by atoms with van der Waals surface area (Å²) in [5, 5.41) is 0.576. The summed E-state index contributed by atoms with van der Waals surface area (Å²) in [6.45, 7) is 1.73. The first-order valence-electron chi connectivity index (χ1n) is 5.63. The van der Waals surface area contributed by atoms with E-state index >= 15 is 0 Å². The fourth-order valence-electron chi connectivity index (χ4n) is 1.74. The van der Waals surface area contributed by atoms with Crippen LogP contribution >= 0.6 is 27.5 Å². The number of hydrogen-bond acceptors (Lipinski definition) is 2. The third-order valence-electron chi connectivity index (χ3n) is 2.71. The van der Waals surface area contributed by atoms with Crippen LogP contribution in [0.2, 0.25) is 5.02 Å². The van der Waals surface area contributed by atoms with Gasteiger partial charge in [0.25, 0.3) is 5.56 Å². The van der Waals surface area contributed by atoms with Crippen molar-refractivity contribution in [3.63, 3.8) is 0 Å². The lowest BCUT2D eigenvalue weighted by atomic mass is 10.1. The van der Waals surface area contributed by atoms with Crippen molar-refractivity contribution in [1.82, 2.24) is 4.57 Å². The molecule has 0 saturated heterocycles. The maximum absolute atomic E-state index is 12.1. The van der Waals surface area contributed by atoms with Crippen molar-refractivity contribution < 1.29 is 4.79 Å². The molecule has 0 fully saturated rings. The van der Waals surface area contributed by atoms with Gasteiger partial charge in [0, 0.05) is 26.8 Å². The van der Waals surface area contributed by atoms with Crippen LogP contribution in [0.25, 0.3) is 0 Å². The molecule has 19 heavy (non-hydrogen) atoms. The van der Waals surface area contributed by atoms with E-state index in [0.717, 1.165) is 4.47 Å². The number of rotatable bonds is 3. The fraction of sp³-hybridized carbons (Fsp3) is 0.143. The Labute approximate surface area is 124 Å². The third-order valence-corrected chi connectivity index (χ3v) is 3.40. The van der Waals surface area contributed by atoms with Crippen LogP contribution in [0.1, 0.15) is 15.9 Å². The molecule has 1 aromatic carbocycles. The smallest absolute Gasteiger partial charge is 0.253 e. The second-order valence-corrected chi connectivity index (χ2v) is 5.56. The Kier molecular flexibility index (Phi) is 4.22. The van der Waals surface area contributed by atoms with E-state index in [4.69, 9.17) is 11.6 Å². The quantitative estimate of drug-likeness (QED) is 0.803. The predicted octanol–water partition coefficient (Wildman–Crippen LogP) is 3.46. The lowest BCUT2D eigenvalue weighted by Crippen LogP contribution is -2.25. The third kappa shape index (κ3) is 3.33. The Morgan fingerprint density at radius 1 is 1.32 bits per heavy atom. The predicted molar refractivity (Wildman–Crippen MR) is 78.9 cm³/mol. The summed E-state index contributed by atoms with van der Waals surface area (Å²) in [4.78, 5) is 24.0. The van der Waals surface area contributed by atoms with Gasteiger partial charge in [-0.15, -0.1) is 0 Å². The highest BCUT2D eigenvalue weighted by molar-refractivity contribution is 9.10. The molecule has 5 heteroatoms. The van der Waals surface area contributed by atoms with Crippen LogP contribution in [0.4, 0.5) is 0 Å². The van der Waals surface area contributed by atoms with E-state index in [1.165, 1.54) is 4.57 Å². The molecule has 2 aromatic rings. The summed E-state index contributed by atoms with van der Waals surface area (Å²) in [6.07, 6.45) is 1.61. The van der Waals surface area contributed by atoms with Gasteiger partial charge in [-0.3, -0.25) is 9.59 Å². The average molecular weight is 341 g/mol. The summed E-state index contributed by atoms with van der Waals surface area (Å²) in [7, 11) is 0. The summed E-state index contributed by atoms with van der Waals surface area (Å²) in [5.74, 6) is -0.128. The Balaban J connectivity index is 2.29. The van der Waals surface area contributed by atoms with Crippen molar-refractivity contribution in [2.75, 3.05) is 0 Å². The van der Waals surface area contributed by atoms with Gasteiger partial charge in [0.05, 0.1) is 6.54 Å². The van der Waals surface area contributed by atoms with E-state index in [2.05, 4.69) is 15.9 Å². The van der Waals surface area contributed by atoms with Crippen LogP contribution in [0.15, 0.2) is 45.8 Å². The number of benzene rings is 1. The van der Waals surface area contributed by atoms with Crippen LogP contribution in [-0.4, -0.2) is 10.4 Å². The van der Waals surface area contributed by atoms with E-state index in [0.29, 0.717) is 16.1 Å². The molecule has 1 aromatic heterocycles. The van der Waals surface area contributed by atoms with Crippen LogP contribution in [0, 0.1) is 6.92 Å². The summed E-state index contributed by atoms with van der Waals surface area (Å²) in [6, 6.07) is 8.35. The maximum Gasteiger partial charge on any atom is 0.253 e. The van der Waals surface area contributed by atoms with Crippen LogP contribution < -0.4 is 5.56 Å². The summed E-state index contributed by atoms with van der Waals surface area (Å²) < 4.78 is 2.17. The minimum Gasteiger partial charge on any atom is -0.306 e. The molecule has 0 atom stereocenters. The SMILES string of the molecule is Cc1cc(Br)cn(CC(=O)c2ccc(Cl)cc2)c1=O. The van der Waals surface area contributed by atoms with Crippen molar-refractivity contribution in [3.8, 4) is 0 Å². The molecule has 0 unspecified atom stereocenters. The van der Waals surface area contributed by atoms with Crippen LogP contribution in [0.3, 0.4) is 0 Å². The molecule has 0 radical (unpaired) electrons. The Hall–Kier alpha value is -1.39. The number of hydrogen-bond donors (Lipinski definition) is 0. The fourth-order valence-corrected chi connectivity index (χ4v) is 2.46. The average Bonchev–Trinajstić information content (AvgIpc) is 2.36. The number of aromatic nitrogens is 1. The highest BCUT2D eigenvalue weighted by Crippen LogP contribution is 2.12. The lowest BCUT2D eigenvalue weighted by Gasteiger charge is -2.07. The highest BCUT2D eigenvalue weighted by atomic mass is 79.9. The first-order valence-corrected chi connectivity index (χ1v) is 6.80. The highest BCUT2D eigenvalue weighted by Gasteiger charge is 2.09. The number of ketones is 1. The van der Waals surface area contributed by atoms with E-state index in [1.807, 2.05) is 0 Å². The number of halogens is 2. The second kappa shape index (κ2) is 5.72. The number of nitrogens with zero attached hydrogens (tertiary/aromatic N) is 1. The molecular weight excluding hydrogens is 330 g/mol. The standard InChI is InChI=1S/C14H11BrClNO2/c1-9-6-11(15)7-17(14(9)19)8-13(18)10-2-4-12(16)5-3-10/h2-7H,8H2,1H3. The minimum absolute atomic E-state index is 0.0146. The van der Waals surface area contributed by atoms with Gasteiger partial charge < -0.3 is 4.57 Å². The maximum atomic E-state index is 12.1. The lowest BCUT2D eigenvalue weighted by molar-refractivity contribution is 0.0971. The van der Waals surface area contributed by atoms with Gasteiger partial charge >= 0.3 is 0 Å². The van der Waals surface area contributed by atoms with Gasteiger partial charge in [0.2, 0.25) is 0 Å². The molecule has 0 bridgehead atoms. The molecule has 0 N–H and O–H groups in total. The first-order chi connectivity index (χ1) is 8.97.